The zero-order chi connectivity index (χ0) is 24.0. The van der Waals surface area contributed by atoms with Crippen LogP contribution in [-0.4, -0.2) is 14.8 Å². The van der Waals surface area contributed by atoms with Gasteiger partial charge in [-0.05, 0) is 48.9 Å². The molecule has 0 spiro atoms. The number of para-hydroxylation sites is 1. The Morgan fingerprint density at radius 3 is 2.44 bits per heavy atom. The Bertz CT molecular complexity index is 1510. The van der Waals surface area contributed by atoms with Crippen molar-refractivity contribution < 1.29 is 4.79 Å². The lowest BCUT2D eigenvalue weighted by Gasteiger charge is -2.15. The second kappa shape index (κ2) is 9.40. The largest absolute Gasteiger partial charge is 0.340 e. The molecule has 4 aromatic rings. The lowest BCUT2D eigenvalue weighted by Crippen LogP contribution is -2.27. The first-order valence-electron chi connectivity index (χ1n) is 10.4. The molecule has 3 aromatic carbocycles. The fourth-order valence-corrected chi connectivity index (χ4v) is 5.85. The maximum atomic E-state index is 13.4. The summed E-state index contributed by atoms with van der Waals surface area (Å²) in [5.74, 6) is -0.185. The maximum Gasteiger partial charge on any atom is 0.270 e. The Morgan fingerprint density at radius 2 is 1.68 bits per heavy atom. The highest BCUT2D eigenvalue weighted by Crippen LogP contribution is 2.39. The van der Waals surface area contributed by atoms with Crippen molar-refractivity contribution in [2.75, 3.05) is 4.90 Å². The van der Waals surface area contributed by atoms with E-state index in [1.165, 1.54) is 16.7 Å². The van der Waals surface area contributed by atoms with Crippen molar-refractivity contribution in [2.45, 2.75) is 13.5 Å². The Kier molecular flexibility index (Phi) is 6.49. The van der Waals surface area contributed by atoms with Gasteiger partial charge < -0.3 is 4.57 Å². The van der Waals surface area contributed by atoms with E-state index in [1.807, 2.05) is 42.5 Å². The van der Waals surface area contributed by atoms with Crippen LogP contribution in [0.4, 0.5) is 5.69 Å². The van der Waals surface area contributed by atoms with Crippen molar-refractivity contribution in [3.05, 3.63) is 104 Å². The highest BCUT2D eigenvalue weighted by molar-refractivity contribution is 8.27. The molecule has 1 aromatic heterocycles. The molecule has 5 rings (SSSR count). The molecule has 1 saturated heterocycles. The quantitative estimate of drug-likeness (QED) is 0.191. The van der Waals surface area contributed by atoms with Crippen LogP contribution in [0.15, 0.2) is 71.6 Å². The number of thioether (sulfide) groups is 1. The van der Waals surface area contributed by atoms with Gasteiger partial charge in [-0.1, -0.05) is 95.2 Å². The molecule has 3 nitrogen and oxygen atoms in total. The predicted octanol–water partition coefficient (Wildman–Crippen LogP) is 8.36. The highest BCUT2D eigenvalue weighted by Gasteiger charge is 2.34. The van der Waals surface area contributed by atoms with Gasteiger partial charge in [-0.15, -0.1) is 0 Å². The number of hydrogen-bond donors (Lipinski definition) is 0. The van der Waals surface area contributed by atoms with Crippen molar-refractivity contribution >= 4 is 91.7 Å². The van der Waals surface area contributed by atoms with E-state index >= 15 is 0 Å². The molecule has 0 atom stereocenters. The summed E-state index contributed by atoms with van der Waals surface area (Å²) in [5.41, 5.74) is 4.73. The van der Waals surface area contributed by atoms with Crippen LogP contribution in [0.1, 0.15) is 16.8 Å². The lowest BCUT2D eigenvalue weighted by molar-refractivity contribution is -0.113. The highest BCUT2D eigenvalue weighted by atomic mass is 35.5. The standard InChI is InChI=1S/C26H17Cl3N2OS2/c1-15-19(13-24-25(32)31(26(33)34-24)17-10-11-21(28)22(29)12-17)18-7-3-5-9-23(18)30(15)14-16-6-2-4-8-20(16)27/h2-13H,14H2,1H3/b24-13+. The van der Waals surface area contributed by atoms with Gasteiger partial charge in [0.05, 0.1) is 20.6 Å². The predicted molar refractivity (Wildman–Crippen MR) is 149 cm³/mol. The molecule has 0 bridgehead atoms. The molecule has 34 heavy (non-hydrogen) atoms. The first-order chi connectivity index (χ1) is 16.3. The van der Waals surface area contributed by atoms with Gasteiger partial charge in [0.2, 0.25) is 0 Å². The summed E-state index contributed by atoms with van der Waals surface area (Å²) in [5, 5.41) is 2.58. The number of thiocarbonyl (C=S) groups is 1. The monoisotopic (exact) mass is 542 g/mol. The molecule has 1 fully saturated rings. The average Bonchev–Trinajstić information content (AvgIpc) is 3.25. The van der Waals surface area contributed by atoms with E-state index in [1.54, 1.807) is 18.2 Å². The summed E-state index contributed by atoms with van der Waals surface area (Å²) in [7, 11) is 0. The third-order valence-corrected chi connectivity index (χ3v) is 8.21. The third-order valence-electron chi connectivity index (χ3n) is 5.80. The van der Waals surface area contributed by atoms with E-state index in [0.717, 1.165) is 32.7 Å². The summed E-state index contributed by atoms with van der Waals surface area (Å²) in [6.07, 6.45) is 1.93. The van der Waals surface area contributed by atoms with Gasteiger partial charge in [0.25, 0.3) is 5.91 Å². The number of carbonyl (C=O) groups is 1. The fraction of sp³-hybridized carbons (Fsp3) is 0.0769. The zero-order valence-corrected chi connectivity index (χ0v) is 21.8. The molecule has 1 aliphatic rings. The fourth-order valence-electron chi connectivity index (χ4n) is 4.09. The molecule has 2 heterocycles. The number of anilines is 1. The van der Waals surface area contributed by atoms with Crippen LogP contribution in [0, 0.1) is 6.92 Å². The molecule has 0 saturated carbocycles. The number of carbonyl (C=O) groups excluding carboxylic acids is 1. The van der Waals surface area contributed by atoms with Gasteiger partial charge >= 0.3 is 0 Å². The van der Waals surface area contributed by atoms with Gasteiger partial charge in [-0.2, -0.15) is 0 Å². The summed E-state index contributed by atoms with van der Waals surface area (Å²) in [6, 6.07) is 21.0. The van der Waals surface area contributed by atoms with Crippen molar-refractivity contribution in [1.82, 2.24) is 4.57 Å². The van der Waals surface area contributed by atoms with Crippen LogP contribution >= 0.6 is 58.8 Å². The van der Waals surface area contributed by atoms with E-state index in [0.29, 0.717) is 31.5 Å². The van der Waals surface area contributed by atoms with Crippen LogP contribution < -0.4 is 4.90 Å². The number of halogens is 3. The van der Waals surface area contributed by atoms with Gasteiger partial charge in [0.15, 0.2) is 4.32 Å². The SMILES string of the molecule is Cc1c(/C=C2/SC(=S)N(c3ccc(Cl)c(Cl)c3)C2=O)c2ccccc2n1Cc1ccccc1Cl. The zero-order valence-electron chi connectivity index (χ0n) is 17.9. The molecule has 8 heteroatoms. The Balaban J connectivity index is 1.57. The third kappa shape index (κ3) is 4.16. The number of rotatable bonds is 4. The van der Waals surface area contributed by atoms with Crippen molar-refractivity contribution in [3.8, 4) is 0 Å². The summed E-state index contributed by atoms with van der Waals surface area (Å²) >= 11 is 25.5. The topological polar surface area (TPSA) is 25.2 Å². The summed E-state index contributed by atoms with van der Waals surface area (Å²) in [4.78, 5) is 15.4. The second-order valence-corrected chi connectivity index (χ2v) is 10.7. The van der Waals surface area contributed by atoms with Crippen molar-refractivity contribution in [2.24, 2.45) is 0 Å². The summed E-state index contributed by atoms with van der Waals surface area (Å²) < 4.78 is 2.68. The van der Waals surface area contributed by atoms with Crippen LogP contribution in [-0.2, 0) is 11.3 Å². The Hall–Kier alpha value is -2.28. The number of nitrogens with zero attached hydrogens (tertiary/aromatic N) is 2. The van der Waals surface area contributed by atoms with Gasteiger partial charge in [-0.3, -0.25) is 9.69 Å². The summed E-state index contributed by atoms with van der Waals surface area (Å²) in [6.45, 7) is 2.69. The van der Waals surface area contributed by atoms with Crippen molar-refractivity contribution in [3.63, 3.8) is 0 Å². The van der Waals surface area contributed by atoms with E-state index in [-0.39, 0.29) is 5.91 Å². The number of hydrogen-bond acceptors (Lipinski definition) is 3. The van der Waals surface area contributed by atoms with Crippen LogP contribution in [0.3, 0.4) is 0 Å². The van der Waals surface area contributed by atoms with E-state index in [4.69, 9.17) is 47.0 Å². The molecule has 170 valence electrons. The second-order valence-electron chi connectivity index (χ2n) is 7.81. The van der Waals surface area contributed by atoms with Gasteiger partial charge in [0, 0.05) is 33.7 Å². The first kappa shape index (κ1) is 23.5. The van der Waals surface area contributed by atoms with Crippen molar-refractivity contribution in [1.29, 1.82) is 0 Å². The first-order valence-corrected chi connectivity index (χ1v) is 12.7. The number of amides is 1. The van der Waals surface area contributed by atoms with Crippen LogP contribution in [0.2, 0.25) is 15.1 Å². The smallest absolute Gasteiger partial charge is 0.270 e. The molecule has 1 amide bonds. The molecule has 0 radical (unpaired) electrons. The lowest BCUT2D eigenvalue weighted by atomic mass is 10.1. The van der Waals surface area contributed by atoms with E-state index < -0.39 is 0 Å². The number of benzene rings is 3. The molecule has 0 aliphatic carbocycles. The number of aromatic nitrogens is 1. The molecule has 0 N–H and O–H groups in total. The van der Waals surface area contributed by atoms with Crippen LogP contribution in [0.5, 0.6) is 0 Å². The molecular formula is C26H17Cl3N2OS2. The van der Waals surface area contributed by atoms with Gasteiger partial charge in [-0.25, -0.2) is 0 Å². The minimum atomic E-state index is -0.185. The van der Waals surface area contributed by atoms with Crippen LogP contribution in [0.25, 0.3) is 17.0 Å². The van der Waals surface area contributed by atoms with E-state index in [9.17, 15) is 4.79 Å². The number of fused-ring (bicyclic) bond motifs is 1. The normalized spacial score (nSPS) is 15.2. The maximum absolute atomic E-state index is 13.4. The molecule has 1 aliphatic heterocycles. The molecular weight excluding hydrogens is 527 g/mol. The Labute approximate surface area is 221 Å². The average molecular weight is 544 g/mol. The van der Waals surface area contributed by atoms with Gasteiger partial charge in [0.1, 0.15) is 0 Å². The van der Waals surface area contributed by atoms with E-state index in [2.05, 4.69) is 23.6 Å². The molecule has 0 unspecified atom stereocenters. The Morgan fingerprint density at radius 1 is 0.941 bits per heavy atom. The minimum absolute atomic E-state index is 0.185. The minimum Gasteiger partial charge on any atom is -0.340 e.